The van der Waals surface area contributed by atoms with Gasteiger partial charge in [-0.25, -0.2) is 9.59 Å². The molecule has 2 aliphatic rings. The molecule has 6 nitrogen and oxygen atoms in total. The van der Waals surface area contributed by atoms with Gasteiger partial charge in [-0.2, -0.15) is 0 Å². The molecule has 0 aliphatic carbocycles. The zero-order chi connectivity index (χ0) is 21.8. The van der Waals surface area contributed by atoms with Gasteiger partial charge in [0.15, 0.2) is 0 Å². The Morgan fingerprint density at radius 3 is 2.58 bits per heavy atom. The number of nitrogens with zero attached hydrogens (tertiary/aromatic N) is 1. The van der Waals surface area contributed by atoms with Gasteiger partial charge in [-0.3, -0.25) is 4.90 Å². The maximum Gasteiger partial charge on any atom is 0.338 e. The van der Waals surface area contributed by atoms with Crippen molar-refractivity contribution in [3.63, 3.8) is 0 Å². The highest BCUT2D eigenvalue weighted by molar-refractivity contribution is 6.31. The second-order valence-electron chi connectivity index (χ2n) is 7.52. The maximum absolute atomic E-state index is 12.7. The third kappa shape index (κ3) is 4.65. The molecule has 0 saturated heterocycles. The maximum atomic E-state index is 12.7. The largest absolute Gasteiger partial charge is 0.466 e. The number of nitrogens with one attached hydrogen (secondary N) is 2. The van der Waals surface area contributed by atoms with Crippen LogP contribution in [0.25, 0.3) is 5.57 Å². The average Bonchev–Trinajstić information content (AvgIpc) is 2.80. The van der Waals surface area contributed by atoms with Gasteiger partial charge in [-0.15, -0.1) is 0 Å². The first-order chi connectivity index (χ1) is 15.1. The quantitative estimate of drug-likeness (QED) is 0.696. The molecule has 0 saturated carbocycles. The van der Waals surface area contributed by atoms with Crippen LogP contribution in [-0.4, -0.2) is 43.6 Å². The Morgan fingerprint density at radius 1 is 1.16 bits per heavy atom. The molecule has 160 valence electrons. The number of esters is 1. The summed E-state index contributed by atoms with van der Waals surface area (Å²) in [5.41, 5.74) is 4.10. The van der Waals surface area contributed by atoms with Crippen molar-refractivity contribution < 1.29 is 14.3 Å². The topological polar surface area (TPSA) is 70.7 Å². The molecule has 1 atom stereocenters. The summed E-state index contributed by atoms with van der Waals surface area (Å²) < 4.78 is 5.05. The summed E-state index contributed by atoms with van der Waals surface area (Å²) >= 11 is 6.37. The van der Waals surface area contributed by atoms with Crippen molar-refractivity contribution in [3.05, 3.63) is 88.1 Å². The number of halogens is 1. The summed E-state index contributed by atoms with van der Waals surface area (Å²) in [7, 11) is 1.34. The van der Waals surface area contributed by atoms with Crippen LogP contribution in [-0.2, 0) is 9.53 Å². The first-order valence-corrected chi connectivity index (χ1v) is 10.5. The molecule has 0 aromatic heterocycles. The van der Waals surface area contributed by atoms with Gasteiger partial charge in [0.2, 0.25) is 0 Å². The van der Waals surface area contributed by atoms with Crippen molar-refractivity contribution >= 4 is 29.2 Å². The Morgan fingerprint density at radius 2 is 1.90 bits per heavy atom. The van der Waals surface area contributed by atoms with E-state index in [0.29, 0.717) is 28.4 Å². The molecule has 0 spiro atoms. The van der Waals surface area contributed by atoms with Gasteiger partial charge in [0, 0.05) is 30.4 Å². The first-order valence-electron chi connectivity index (χ1n) is 10.2. The van der Waals surface area contributed by atoms with Gasteiger partial charge in [0.1, 0.15) is 0 Å². The van der Waals surface area contributed by atoms with Crippen molar-refractivity contribution in [1.29, 1.82) is 0 Å². The van der Waals surface area contributed by atoms with Crippen LogP contribution in [0, 0.1) is 0 Å². The monoisotopic (exact) mass is 437 g/mol. The summed E-state index contributed by atoms with van der Waals surface area (Å²) in [5, 5.41) is 6.10. The fraction of sp³-hybridized carbons (Fsp3) is 0.250. The van der Waals surface area contributed by atoms with Gasteiger partial charge >= 0.3 is 12.0 Å². The van der Waals surface area contributed by atoms with Crippen molar-refractivity contribution in [3.8, 4) is 0 Å². The number of amides is 2. The number of hydrogen-bond donors (Lipinski definition) is 2. The van der Waals surface area contributed by atoms with Crippen LogP contribution in [0.3, 0.4) is 0 Å². The number of benzene rings is 2. The molecule has 0 fully saturated rings. The van der Waals surface area contributed by atoms with E-state index in [-0.39, 0.29) is 6.03 Å². The van der Waals surface area contributed by atoms with Gasteiger partial charge in [-0.1, -0.05) is 66.2 Å². The third-order valence-electron chi connectivity index (χ3n) is 5.59. The highest BCUT2D eigenvalue weighted by atomic mass is 35.5. The summed E-state index contributed by atoms with van der Waals surface area (Å²) in [6.45, 7) is 1.97. The van der Waals surface area contributed by atoms with E-state index < -0.39 is 12.0 Å². The highest BCUT2D eigenvalue weighted by Crippen LogP contribution is 2.32. The van der Waals surface area contributed by atoms with E-state index in [1.807, 2.05) is 30.3 Å². The summed E-state index contributed by atoms with van der Waals surface area (Å²) in [6.07, 6.45) is 3.09. The molecule has 2 amide bonds. The molecule has 2 heterocycles. The Labute approximate surface area is 186 Å². The van der Waals surface area contributed by atoms with Crippen molar-refractivity contribution in [2.24, 2.45) is 0 Å². The SMILES string of the molecule is COC(=O)C1=C(CN2CC=C(c3ccccc3)CC2)NC(=O)N[C@@H]1c1ccccc1Cl. The molecular weight excluding hydrogens is 414 g/mol. The predicted molar refractivity (Wildman–Crippen MR) is 120 cm³/mol. The Hall–Kier alpha value is -3.09. The van der Waals surface area contributed by atoms with Crippen LogP contribution >= 0.6 is 11.6 Å². The zero-order valence-electron chi connectivity index (χ0n) is 17.2. The van der Waals surface area contributed by atoms with E-state index in [1.54, 1.807) is 12.1 Å². The third-order valence-corrected chi connectivity index (χ3v) is 5.94. The molecule has 7 heteroatoms. The van der Waals surface area contributed by atoms with Crippen molar-refractivity contribution in [1.82, 2.24) is 15.5 Å². The van der Waals surface area contributed by atoms with Crippen LogP contribution in [0.4, 0.5) is 4.79 Å². The molecule has 2 N–H and O–H groups in total. The molecule has 0 radical (unpaired) electrons. The minimum Gasteiger partial charge on any atom is -0.466 e. The zero-order valence-corrected chi connectivity index (χ0v) is 18.0. The fourth-order valence-corrected chi connectivity index (χ4v) is 4.27. The summed E-state index contributed by atoms with van der Waals surface area (Å²) in [6, 6.07) is 16.4. The number of methoxy groups -OCH3 is 1. The van der Waals surface area contributed by atoms with Crippen molar-refractivity contribution in [2.45, 2.75) is 12.5 Å². The van der Waals surface area contributed by atoms with E-state index in [1.165, 1.54) is 18.2 Å². The van der Waals surface area contributed by atoms with E-state index >= 15 is 0 Å². The smallest absolute Gasteiger partial charge is 0.338 e. The lowest BCUT2D eigenvalue weighted by Gasteiger charge is -2.33. The van der Waals surface area contributed by atoms with Gasteiger partial charge < -0.3 is 15.4 Å². The minimum atomic E-state index is -0.676. The second-order valence-corrected chi connectivity index (χ2v) is 7.92. The summed E-state index contributed by atoms with van der Waals surface area (Å²) in [5.74, 6) is -0.495. The first kappa shape index (κ1) is 21.2. The van der Waals surface area contributed by atoms with Gasteiger partial charge in [-0.05, 0) is 29.2 Å². The van der Waals surface area contributed by atoms with Crippen molar-refractivity contribution in [2.75, 3.05) is 26.7 Å². The van der Waals surface area contributed by atoms with Gasteiger partial charge in [0.05, 0.1) is 18.7 Å². The molecule has 2 aromatic rings. The minimum absolute atomic E-state index is 0.369. The van der Waals surface area contributed by atoms with Crippen LogP contribution in [0.15, 0.2) is 71.9 Å². The van der Waals surface area contributed by atoms with Crippen LogP contribution in [0.2, 0.25) is 5.02 Å². The lowest BCUT2D eigenvalue weighted by Crippen LogP contribution is -2.48. The molecule has 2 aliphatic heterocycles. The van der Waals surface area contributed by atoms with E-state index in [2.05, 4.69) is 33.7 Å². The number of carbonyl (C=O) groups is 2. The average molecular weight is 438 g/mol. The summed E-state index contributed by atoms with van der Waals surface area (Å²) in [4.78, 5) is 27.3. The lowest BCUT2D eigenvalue weighted by atomic mass is 9.94. The second kappa shape index (κ2) is 9.37. The van der Waals surface area contributed by atoms with E-state index in [9.17, 15) is 9.59 Å². The highest BCUT2D eigenvalue weighted by Gasteiger charge is 2.35. The number of ether oxygens (including phenoxy) is 1. The number of carbonyl (C=O) groups excluding carboxylic acids is 2. The molecule has 0 unspecified atom stereocenters. The van der Waals surface area contributed by atoms with Crippen LogP contribution in [0.5, 0.6) is 0 Å². The lowest BCUT2D eigenvalue weighted by molar-refractivity contribution is -0.136. The molecule has 4 rings (SSSR count). The molecular formula is C24H24ClN3O3. The fourth-order valence-electron chi connectivity index (χ4n) is 4.03. The van der Waals surface area contributed by atoms with Crippen LogP contribution < -0.4 is 10.6 Å². The normalized spacial score (nSPS) is 19.4. The molecule has 2 aromatic carbocycles. The van der Waals surface area contributed by atoms with E-state index in [4.69, 9.17) is 16.3 Å². The standard InChI is InChI=1S/C24H24ClN3O3/c1-31-23(29)21-20(26-24(30)27-22(21)18-9-5-6-10-19(18)25)15-28-13-11-17(12-14-28)16-7-3-2-4-8-16/h2-11,22H,12-15H2,1H3,(H2,26,27,30)/t22-/m1/s1. The van der Waals surface area contributed by atoms with Crippen LogP contribution in [0.1, 0.15) is 23.6 Å². The van der Waals surface area contributed by atoms with E-state index in [0.717, 1.165) is 19.5 Å². The number of rotatable bonds is 5. The molecule has 31 heavy (non-hydrogen) atoms. The Balaban J connectivity index is 1.61. The Kier molecular flexibility index (Phi) is 6.39. The molecule has 0 bridgehead atoms. The Bertz CT molecular complexity index is 1050. The predicted octanol–water partition coefficient (Wildman–Crippen LogP) is 3.91. The van der Waals surface area contributed by atoms with Gasteiger partial charge in [0.25, 0.3) is 0 Å². The number of hydrogen-bond acceptors (Lipinski definition) is 4. The number of urea groups is 1.